The zero-order valence-electron chi connectivity index (χ0n) is 12.7. The summed E-state index contributed by atoms with van der Waals surface area (Å²) in [5, 5.41) is 2.62. The van der Waals surface area contributed by atoms with Gasteiger partial charge in [-0.25, -0.2) is 13.6 Å². The minimum atomic E-state index is -0.973. The number of nitrogens with one attached hydrogen (secondary N) is 1. The first-order chi connectivity index (χ1) is 10.8. The summed E-state index contributed by atoms with van der Waals surface area (Å²) in [6, 6.07) is 7.87. The van der Waals surface area contributed by atoms with E-state index in [4.69, 9.17) is 4.74 Å². The molecule has 0 fully saturated rings. The quantitative estimate of drug-likeness (QED) is 0.879. The Hall–Kier alpha value is -2.76. The second kappa shape index (κ2) is 7.00. The molecule has 2 aromatic rings. The molecule has 0 aliphatic carbocycles. The first-order valence-electron chi connectivity index (χ1n) is 6.85. The Morgan fingerprint density at radius 2 is 1.70 bits per heavy atom. The standard InChI is InChI=1S/C17H15F2NO3/c1-10-3-4-11(2)15(5-10)20-16(21)9-23-17(22)12-6-13(18)8-14(19)7-12/h3-8H,9H2,1-2H3,(H,20,21). The van der Waals surface area contributed by atoms with Gasteiger partial charge in [0.05, 0.1) is 5.56 Å². The van der Waals surface area contributed by atoms with Gasteiger partial charge in [-0.05, 0) is 43.2 Å². The van der Waals surface area contributed by atoms with Crippen LogP contribution < -0.4 is 5.32 Å². The molecule has 23 heavy (non-hydrogen) atoms. The van der Waals surface area contributed by atoms with Crippen LogP contribution in [0.3, 0.4) is 0 Å². The van der Waals surface area contributed by atoms with Crippen LogP contribution in [-0.4, -0.2) is 18.5 Å². The molecule has 0 unspecified atom stereocenters. The van der Waals surface area contributed by atoms with Gasteiger partial charge >= 0.3 is 5.97 Å². The van der Waals surface area contributed by atoms with Gasteiger partial charge in [0.2, 0.25) is 0 Å². The molecule has 2 aromatic carbocycles. The van der Waals surface area contributed by atoms with Crippen LogP contribution in [0.5, 0.6) is 0 Å². The minimum absolute atomic E-state index is 0.290. The highest BCUT2D eigenvalue weighted by Gasteiger charge is 2.13. The number of anilines is 1. The van der Waals surface area contributed by atoms with Crippen LogP contribution in [0, 0.1) is 25.5 Å². The molecule has 0 spiro atoms. The molecule has 6 heteroatoms. The molecule has 1 N–H and O–H groups in total. The highest BCUT2D eigenvalue weighted by molar-refractivity contribution is 5.95. The van der Waals surface area contributed by atoms with Crippen LogP contribution in [0.2, 0.25) is 0 Å². The number of ether oxygens (including phenoxy) is 1. The minimum Gasteiger partial charge on any atom is -0.452 e. The average Bonchev–Trinajstić information content (AvgIpc) is 2.47. The van der Waals surface area contributed by atoms with Crippen molar-refractivity contribution in [1.82, 2.24) is 0 Å². The summed E-state index contributed by atoms with van der Waals surface area (Å²) < 4.78 is 30.8. The Bertz CT molecular complexity index is 739. The van der Waals surface area contributed by atoms with E-state index in [1.165, 1.54) is 0 Å². The van der Waals surface area contributed by atoms with Crippen LogP contribution in [0.4, 0.5) is 14.5 Å². The van der Waals surface area contributed by atoms with Gasteiger partial charge in [0.1, 0.15) is 11.6 Å². The zero-order valence-corrected chi connectivity index (χ0v) is 12.7. The Kier molecular flexibility index (Phi) is 5.05. The largest absolute Gasteiger partial charge is 0.452 e. The molecule has 4 nitrogen and oxygen atoms in total. The van der Waals surface area contributed by atoms with Gasteiger partial charge in [-0.1, -0.05) is 12.1 Å². The summed E-state index contributed by atoms with van der Waals surface area (Å²) in [6.07, 6.45) is 0. The molecule has 0 saturated carbocycles. The van der Waals surface area contributed by atoms with E-state index in [0.29, 0.717) is 11.8 Å². The molecule has 2 rings (SSSR count). The lowest BCUT2D eigenvalue weighted by molar-refractivity contribution is -0.119. The first-order valence-corrected chi connectivity index (χ1v) is 6.85. The van der Waals surface area contributed by atoms with E-state index in [1.807, 2.05) is 26.0 Å². The van der Waals surface area contributed by atoms with Crippen molar-refractivity contribution in [3.05, 3.63) is 64.7 Å². The lowest BCUT2D eigenvalue weighted by Gasteiger charge is -2.10. The fraction of sp³-hybridized carbons (Fsp3) is 0.176. The summed E-state index contributed by atoms with van der Waals surface area (Å²) >= 11 is 0. The second-order valence-corrected chi connectivity index (χ2v) is 5.10. The normalized spacial score (nSPS) is 10.3. The Morgan fingerprint density at radius 3 is 2.35 bits per heavy atom. The predicted molar refractivity (Wildman–Crippen MR) is 81.2 cm³/mol. The molecule has 0 atom stereocenters. The molecule has 120 valence electrons. The van der Waals surface area contributed by atoms with Crippen molar-refractivity contribution in [3.63, 3.8) is 0 Å². The van der Waals surface area contributed by atoms with E-state index in [9.17, 15) is 18.4 Å². The van der Waals surface area contributed by atoms with Gasteiger partial charge in [-0.15, -0.1) is 0 Å². The van der Waals surface area contributed by atoms with E-state index < -0.39 is 30.1 Å². The zero-order chi connectivity index (χ0) is 17.0. The number of carbonyl (C=O) groups excluding carboxylic acids is 2. The number of esters is 1. The molecule has 1 amide bonds. The summed E-state index contributed by atoms with van der Waals surface area (Å²) in [5.41, 5.74) is 2.16. The lowest BCUT2D eigenvalue weighted by Crippen LogP contribution is -2.21. The molecular weight excluding hydrogens is 304 g/mol. The summed E-state index contributed by atoms with van der Waals surface area (Å²) in [5.74, 6) is -3.29. The van der Waals surface area contributed by atoms with Gasteiger partial charge in [-0.2, -0.15) is 0 Å². The molecule has 0 aliphatic rings. The number of hydrogen-bond donors (Lipinski definition) is 1. The maximum Gasteiger partial charge on any atom is 0.338 e. The Balaban J connectivity index is 1.96. The topological polar surface area (TPSA) is 55.4 Å². The lowest BCUT2D eigenvalue weighted by atomic mass is 10.1. The highest BCUT2D eigenvalue weighted by Crippen LogP contribution is 2.16. The third-order valence-electron chi connectivity index (χ3n) is 3.10. The summed E-state index contributed by atoms with van der Waals surface area (Å²) in [7, 11) is 0. The van der Waals surface area contributed by atoms with Gasteiger partial charge in [-0.3, -0.25) is 4.79 Å². The number of halogens is 2. The number of aryl methyl sites for hydroxylation is 2. The van der Waals surface area contributed by atoms with E-state index in [0.717, 1.165) is 23.3 Å². The average molecular weight is 319 g/mol. The van der Waals surface area contributed by atoms with Gasteiger partial charge in [0, 0.05) is 11.8 Å². The number of rotatable bonds is 4. The maximum absolute atomic E-state index is 13.0. The molecule has 0 saturated heterocycles. The third kappa shape index (κ3) is 4.60. The second-order valence-electron chi connectivity index (χ2n) is 5.10. The first kappa shape index (κ1) is 16.6. The molecule has 0 aromatic heterocycles. The SMILES string of the molecule is Cc1ccc(C)c(NC(=O)COC(=O)c2cc(F)cc(F)c2)c1. The highest BCUT2D eigenvalue weighted by atomic mass is 19.1. The van der Waals surface area contributed by atoms with Crippen LogP contribution in [-0.2, 0) is 9.53 Å². The maximum atomic E-state index is 13.0. The van der Waals surface area contributed by atoms with Crippen LogP contribution in [0.25, 0.3) is 0 Å². The van der Waals surface area contributed by atoms with E-state index >= 15 is 0 Å². The molecule has 0 radical (unpaired) electrons. The fourth-order valence-electron chi connectivity index (χ4n) is 1.94. The number of carbonyl (C=O) groups is 2. The van der Waals surface area contributed by atoms with Crippen LogP contribution in [0.15, 0.2) is 36.4 Å². The summed E-state index contributed by atoms with van der Waals surface area (Å²) in [6.45, 7) is 3.16. The van der Waals surface area contributed by atoms with Crippen molar-refractivity contribution in [2.24, 2.45) is 0 Å². The smallest absolute Gasteiger partial charge is 0.338 e. The van der Waals surface area contributed by atoms with Crippen molar-refractivity contribution >= 4 is 17.6 Å². The van der Waals surface area contributed by atoms with Crippen LogP contribution in [0.1, 0.15) is 21.5 Å². The Morgan fingerprint density at radius 1 is 1.04 bits per heavy atom. The molecular formula is C17H15F2NO3. The van der Waals surface area contributed by atoms with Crippen LogP contribution >= 0.6 is 0 Å². The van der Waals surface area contributed by atoms with Gasteiger partial charge in [0.15, 0.2) is 6.61 Å². The predicted octanol–water partition coefficient (Wildman–Crippen LogP) is 3.38. The van der Waals surface area contributed by atoms with Crippen molar-refractivity contribution in [2.75, 3.05) is 11.9 Å². The number of benzene rings is 2. The van der Waals surface area contributed by atoms with E-state index in [1.54, 1.807) is 6.07 Å². The Labute approximate surface area is 132 Å². The monoisotopic (exact) mass is 319 g/mol. The third-order valence-corrected chi connectivity index (χ3v) is 3.10. The van der Waals surface area contributed by atoms with Crippen molar-refractivity contribution in [3.8, 4) is 0 Å². The van der Waals surface area contributed by atoms with E-state index in [2.05, 4.69) is 5.32 Å². The van der Waals surface area contributed by atoms with Gasteiger partial charge in [0.25, 0.3) is 5.91 Å². The molecule has 0 bridgehead atoms. The molecule has 0 heterocycles. The van der Waals surface area contributed by atoms with Crippen molar-refractivity contribution < 1.29 is 23.1 Å². The van der Waals surface area contributed by atoms with E-state index in [-0.39, 0.29) is 5.56 Å². The number of amides is 1. The van der Waals surface area contributed by atoms with Crippen molar-refractivity contribution in [2.45, 2.75) is 13.8 Å². The van der Waals surface area contributed by atoms with Crippen molar-refractivity contribution in [1.29, 1.82) is 0 Å². The molecule has 0 aliphatic heterocycles. The van der Waals surface area contributed by atoms with Gasteiger partial charge < -0.3 is 10.1 Å². The fourth-order valence-corrected chi connectivity index (χ4v) is 1.94. The summed E-state index contributed by atoms with van der Waals surface area (Å²) in [4.78, 5) is 23.5. The number of hydrogen-bond acceptors (Lipinski definition) is 3.